The Morgan fingerprint density at radius 1 is 1.04 bits per heavy atom. The van der Waals surface area contributed by atoms with Gasteiger partial charge in [0.15, 0.2) is 0 Å². The Hall–Kier alpha value is -2.42. The van der Waals surface area contributed by atoms with Gasteiger partial charge in [0, 0.05) is 25.2 Å². The molecular weight excluding hydrogens is 374 g/mol. The van der Waals surface area contributed by atoms with Crippen molar-refractivity contribution in [1.29, 1.82) is 0 Å². The molecule has 0 aliphatic carbocycles. The van der Waals surface area contributed by atoms with E-state index in [4.69, 9.17) is 11.6 Å². The SMILES string of the molecule is Fc1cc(F)c(-c2c(Cl)nc3ncnn3c2N2CCC(F)CC2)c(F)c1. The highest BCUT2D eigenvalue weighted by Crippen LogP contribution is 2.40. The maximum Gasteiger partial charge on any atom is 0.255 e. The summed E-state index contributed by atoms with van der Waals surface area (Å²) in [6, 6.07) is 1.13. The lowest BCUT2D eigenvalue weighted by atomic mass is 10.0. The molecule has 0 radical (unpaired) electrons. The summed E-state index contributed by atoms with van der Waals surface area (Å²) < 4.78 is 57.0. The van der Waals surface area contributed by atoms with Crippen LogP contribution in [0.3, 0.4) is 0 Å². The molecule has 26 heavy (non-hydrogen) atoms. The number of alkyl halides is 1. The maximum absolute atomic E-state index is 14.4. The van der Waals surface area contributed by atoms with E-state index >= 15 is 0 Å². The number of nitrogens with zero attached hydrogens (tertiary/aromatic N) is 5. The van der Waals surface area contributed by atoms with Crippen LogP contribution < -0.4 is 4.90 Å². The number of rotatable bonds is 2. The number of aromatic nitrogens is 4. The van der Waals surface area contributed by atoms with Crippen molar-refractivity contribution in [3.63, 3.8) is 0 Å². The van der Waals surface area contributed by atoms with Crippen LogP contribution in [0.1, 0.15) is 12.8 Å². The molecule has 0 saturated carbocycles. The van der Waals surface area contributed by atoms with Crippen molar-refractivity contribution in [2.75, 3.05) is 18.0 Å². The van der Waals surface area contributed by atoms with E-state index in [1.807, 2.05) is 0 Å². The van der Waals surface area contributed by atoms with Gasteiger partial charge in [-0.1, -0.05) is 11.6 Å². The number of fused-ring (bicyclic) bond motifs is 1. The fraction of sp³-hybridized carbons (Fsp3) is 0.312. The zero-order valence-electron chi connectivity index (χ0n) is 13.3. The minimum atomic E-state index is -1.12. The van der Waals surface area contributed by atoms with Gasteiger partial charge >= 0.3 is 0 Å². The third-order valence-corrected chi connectivity index (χ3v) is 4.61. The van der Waals surface area contributed by atoms with E-state index in [1.54, 1.807) is 4.90 Å². The number of anilines is 1. The molecule has 0 atom stereocenters. The van der Waals surface area contributed by atoms with E-state index in [-0.39, 0.29) is 35.2 Å². The average Bonchev–Trinajstić information content (AvgIpc) is 3.03. The van der Waals surface area contributed by atoms with E-state index in [1.165, 1.54) is 10.8 Å². The predicted molar refractivity (Wildman–Crippen MR) is 87.4 cm³/mol. The Morgan fingerprint density at radius 3 is 2.35 bits per heavy atom. The Morgan fingerprint density at radius 2 is 1.69 bits per heavy atom. The Bertz CT molecular complexity index is 961. The molecule has 1 aliphatic heterocycles. The summed E-state index contributed by atoms with van der Waals surface area (Å²) >= 11 is 6.21. The first-order valence-electron chi connectivity index (χ1n) is 7.89. The topological polar surface area (TPSA) is 46.3 Å². The summed E-state index contributed by atoms with van der Waals surface area (Å²) in [6.45, 7) is 0.599. The van der Waals surface area contributed by atoms with Crippen molar-refractivity contribution in [1.82, 2.24) is 19.6 Å². The molecule has 0 unspecified atom stereocenters. The molecule has 0 N–H and O–H groups in total. The van der Waals surface area contributed by atoms with Crippen molar-refractivity contribution in [3.05, 3.63) is 41.1 Å². The summed E-state index contributed by atoms with van der Waals surface area (Å²) in [4.78, 5) is 9.69. The van der Waals surface area contributed by atoms with Gasteiger partial charge in [0.2, 0.25) is 0 Å². The van der Waals surface area contributed by atoms with Crippen molar-refractivity contribution >= 4 is 23.2 Å². The molecule has 0 bridgehead atoms. The first-order valence-corrected chi connectivity index (χ1v) is 8.26. The molecule has 10 heteroatoms. The highest BCUT2D eigenvalue weighted by atomic mass is 35.5. The summed E-state index contributed by atoms with van der Waals surface area (Å²) in [5.41, 5.74) is -0.587. The molecule has 1 saturated heterocycles. The number of hydrogen-bond acceptors (Lipinski definition) is 4. The number of piperidine rings is 1. The summed E-state index contributed by atoms with van der Waals surface area (Å²) in [5, 5.41) is 3.85. The Balaban J connectivity index is 2.00. The third kappa shape index (κ3) is 2.76. The lowest BCUT2D eigenvalue weighted by Crippen LogP contribution is -2.36. The third-order valence-electron chi connectivity index (χ3n) is 4.34. The normalized spacial score (nSPS) is 15.8. The molecule has 4 rings (SSSR count). The highest BCUT2D eigenvalue weighted by molar-refractivity contribution is 6.33. The van der Waals surface area contributed by atoms with Gasteiger partial charge < -0.3 is 4.90 Å². The van der Waals surface area contributed by atoms with E-state index in [0.717, 1.165) is 0 Å². The van der Waals surface area contributed by atoms with Gasteiger partial charge in [0.25, 0.3) is 5.78 Å². The predicted octanol–water partition coefficient (Wildman–Crippen LogP) is 3.80. The standard InChI is InChI=1S/C16H12ClF4N5/c17-14-13(12-10(20)5-9(19)6-11(12)21)15(25-3-1-8(18)2-4-25)26-16(24-14)22-7-23-26/h5-8H,1-4H2. The molecule has 0 amide bonds. The molecule has 136 valence electrons. The van der Waals surface area contributed by atoms with Crippen LogP contribution in [0.15, 0.2) is 18.5 Å². The first-order chi connectivity index (χ1) is 12.5. The van der Waals surface area contributed by atoms with Gasteiger partial charge in [-0.3, -0.25) is 0 Å². The van der Waals surface area contributed by atoms with Crippen LogP contribution in [0.5, 0.6) is 0 Å². The number of benzene rings is 1. The van der Waals surface area contributed by atoms with Gasteiger partial charge in [-0.05, 0) is 12.8 Å². The van der Waals surface area contributed by atoms with Gasteiger partial charge in [-0.15, -0.1) is 0 Å². The summed E-state index contributed by atoms with van der Waals surface area (Å²) in [6.07, 6.45) is 0.789. The Kier molecular flexibility index (Phi) is 4.18. The van der Waals surface area contributed by atoms with Crippen LogP contribution in [0, 0.1) is 17.5 Å². The largest absolute Gasteiger partial charge is 0.356 e. The monoisotopic (exact) mass is 385 g/mol. The molecule has 1 aliphatic rings. The quantitative estimate of drug-likeness (QED) is 0.497. The van der Waals surface area contributed by atoms with Gasteiger partial charge in [0.05, 0.1) is 11.1 Å². The average molecular weight is 386 g/mol. The fourth-order valence-corrected chi connectivity index (χ4v) is 3.41. The Labute approximate surface area is 150 Å². The van der Waals surface area contributed by atoms with Crippen LogP contribution in [-0.2, 0) is 0 Å². The van der Waals surface area contributed by atoms with Gasteiger partial charge in [-0.2, -0.15) is 19.6 Å². The minimum absolute atomic E-state index is 0.0722. The molecule has 5 nitrogen and oxygen atoms in total. The lowest BCUT2D eigenvalue weighted by molar-refractivity contribution is 0.276. The zero-order chi connectivity index (χ0) is 18.4. The minimum Gasteiger partial charge on any atom is -0.356 e. The molecule has 0 spiro atoms. The van der Waals surface area contributed by atoms with E-state index in [2.05, 4.69) is 15.1 Å². The fourth-order valence-electron chi connectivity index (χ4n) is 3.15. The maximum atomic E-state index is 14.4. The second kappa shape index (κ2) is 6.39. The molecular formula is C16H12ClF4N5. The zero-order valence-corrected chi connectivity index (χ0v) is 14.0. The van der Waals surface area contributed by atoms with Crippen molar-refractivity contribution in [3.8, 4) is 11.1 Å². The molecule has 2 aromatic heterocycles. The molecule has 1 fully saturated rings. The van der Waals surface area contributed by atoms with Gasteiger partial charge in [-0.25, -0.2) is 17.6 Å². The molecule has 3 heterocycles. The smallest absolute Gasteiger partial charge is 0.255 e. The molecule has 1 aromatic carbocycles. The van der Waals surface area contributed by atoms with E-state index < -0.39 is 29.2 Å². The second-order valence-corrected chi connectivity index (χ2v) is 6.34. The first kappa shape index (κ1) is 17.0. The lowest BCUT2D eigenvalue weighted by Gasteiger charge is -2.32. The van der Waals surface area contributed by atoms with Crippen LogP contribution >= 0.6 is 11.6 Å². The van der Waals surface area contributed by atoms with Crippen LogP contribution in [-0.4, -0.2) is 38.8 Å². The molecule has 3 aromatic rings. The second-order valence-electron chi connectivity index (χ2n) is 5.98. The number of hydrogen-bond donors (Lipinski definition) is 0. The van der Waals surface area contributed by atoms with Crippen molar-refractivity contribution < 1.29 is 17.6 Å². The van der Waals surface area contributed by atoms with E-state index in [0.29, 0.717) is 25.2 Å². The highest BCUT2D eigenvalue weighted by Gasteiger charge is 2.29. The van der Waals surface area contributed by atoms with Crippen molar-refractivity contribution in [2.24, 2.45) is 0 Å². The van der Waals surface area contributed by atoms with Gasteiger partial charge in [0.1, 0.15) is 40.9 Å². The summed E-state index contributed by atoms with van der Waals surface area (Å²) in [5.74, 6) is -2.90. The van der Waals surface area contributed by atoms with Crippen LogP contribution in [0.25, 0.3) is 16.9 Å². The summed E-state index contributed by atoms with van der Waals surface area (Å²) in [7, 11) is 0. The number of halogens is 5. The van der Waals surface area contributed by atoms with Crippen LogP contribution in [0.2, 0.25) is 5.15 Å². The van der Waals surface area contributed by atoms with Crippen LogP contribution in [0.4, 0.5) is 23.4 Å². The van der Waals surface area contributed by atoms with Crippen molar-refractivity contribution in [2.45, 2.75) is 19.0 Å². The van der Waals surface area contributed by atoms with E-state index in [9.17, 15) is 17.6 Å².